The van der Waals surface area contributed by atoms with E-state index in [2.05, 4.69) is 11.6 Å². The maximum absolute atomic E-state index is 11.7. The lowest BCUT2D eigenvalue weighted by Gasteiger charge is -2.02. The highest BCUT2D eigenvalue weighted by molar-refractivity contribution is 5.91. The molecule has 1 aliphatic heterocycles. The van der Waals surface area contributed by atoms with E-state index in [1.807, 2.05) is 0 Å². The molecule has 2 radical (unpaired) electrons. The van der Waals surface area contributed by atoms with E-state index in [-0.39, 0.29) is 6.42 Å². The molecule has 1 aliphatic rings. The van der Waals surface area contributed by atoms with E-state index in [9.17, 15) is 13.2 Å². The first-order valence-electron chi connectivity index (χ1n) is 2.62. The fraction of sp³-hybridized carbons (Fsp3) is 0.600. The van der Waals surface area contributed by atoms with E-state index in [0.717, 1.165) is 5.01 Å². The van der Waals surface area contributed by atoms with Gasteiger partial charge in [-0.2, -0.15) is 18.3 Å². The van der Waals surface area contributed by atoms with Gasteiger partial charge in [-0.15, -0.1) is 0 Å². The Balaban J connectivity index is 2.67. The Morgan fingerprint density at radius 3 is 2.40 bits per heavy atom. The number of hydrogen-bond donors (Lipinski definition) is 0. The number of rotatable bonds is 0. The molecule has 0 bridgehead atoms. The smallest absolute Gasteiger partial charge is 0.288 e. The second kappa shape index (κ2) is 2.14. The van der Waals surface area contributed by atoms with Gasteiger partial charge in [0.25, 0.3) is 0 Å². The van der Waals surface area contributed by atoms with Crippen LogP contribution in [-0.2, 0) is 0 Å². The van der Waals surface area contributed by atoms with Crippen molar-refractivity contribution in [2.24, 2.45) is 5.10 Å². The Morgan fingerprint density at radius 1 is 1.60 bits per heavy atom. The van der Waals surface area contributed by atoms with Gasteiger partial charge in [0, 0.05) is 13.5 Å². The van der Waals surface area contributed by atoms with Crippen LogP contribution in [0.5, 0.6) is 0 Å². The molecule has 0 saturated carbocycles. The highest BCUT2D eigenvalue weighted by Crippen LogP contribution is 2.24. The number of nitrogens with zero attached hydrogens (tertiary/aromatic N) is 2. The third kappa shape index (κ3) is 1.40. The van der Waals surface area contributed by atoms with Gasteiger partial charge in [-0.05, 0) is 0 Å². The molecule has 0 N–H and O–H groups in total. The van der Waals surface area contributed by atoms with Crippen LogP contribution in [0.4, 0.5) is 13.2 Å². The summed E-state index contributed by atoms with van der Waals surface area (Å²) in [4.78, 5) is 0. The summed E-state index contributed by atoms with van der Waals surface area (Å²) < 4.78 is 35.2. The van der Waals surface area contributed by atoms with Gasteiger partial charge in [0.15, 0.2) is 0 Å². The SMILES string of the molecule is CN1[C]CC(C(F)(F)F)=N1. The predicted octanol–water partition coefficient (Wildman–Crippen LogP) is 1.28. The minimum Gasteiger partial charge on any atom is -0.288 e. The molecule has 1 heterocycles. The second-order valence-corrected chi connectivity index (χ2v) is 1.90. The lowest BCUT2D eigenvalue weighted by molar-refractivity contribution is -0.0600. The van der Waals surface area contributed by atoms with E-state index in [0.29, 0.717) is 0 Å². The van der Waals surface area contributed by atoms with Crippen molar-refractivity contribution >= 4 is 5.71 Å². The van der Waals surface area contributed by atoms with Crippen molar-refractivity contribution in [1.29, 1.82) is 0 Å². The van der Waals surface area contributed by atoms with Crippen LogP contribution in [0.2, 0.25) is 0 Å². The van der Waals surface area contributed by atoms with Crippen LogP contribution < -0.4 is 0 Å². The van der Waals surface area contributed by atoms with Gasteiger partial charge in [0.1, 0.15) is 12.3 Å². The van der Waals surface area contributed by atoms with Gasteiger partial charge in [-0.3, -0.25) is 5.01 Å². The van der Waals surface area contributed by atoms with E-state index in [4.69, 9.17) is 0 Å². The van der Waals surface area contributed by atoms with Crippen molar-refractivity contribution in [2.75, 3.05) is 7.05 Å². The summed E-state index contributed by atoms with van der Waals surface area (Å²) in [5, 5.41) is 4.22. The van der Waals surface area contributed by atoms with Crippen molar-refractivity contribution in [3.63, 3.8) is 0 Å². The summed E-state index contributed by atoms with van der Waals surface area (Å²) in [6.45, 7) is 2.39. The van der Waals surface area contributed by atoms with Crippen LogP contribution in [0.25, 0.3) is 0 Å². The normalized spacial score (nSPS) is 19.6. The summed E-state index contributed by atoms with van der Waals surface area (Å²) in [6, 6.07) is 0. The molecule has 0 atom stereocenters. The molecule has 0 aromatic rings. The van der Waals surface area contributed by atoms with Crippen LogP contribution in [-0.4, -0.2) is 23.9 Å². The van der Waals surface area contributed by atoms with E-state index in [1.54, 1.807) is 0 Å². The van der Waals surface area contributed by atoms with Crippen LogP contribution in [0.3, 0.4) is 0 Å². The largest absolute Gasteiger partial charge is 0.431 e. The zero-order valence-corrected chi connectivity index (χ0v) is 5.24. The molecule has 0 amide bonds. The van der Waals surface area contributed by atoms with Crippen LogP contribution in [0.15, 0.2) is 5.10 Å². The average molecular weight is 150 g/mol. The van der Waals surface area contributed by atoms with Gasteiger partial charge in [0.05, 0.1) is 0 Å². The Morgan fingerprint density at radius 2 is 2.20 bits per heavy atom. The zero-order chi connectivity index (χ0) is 7.78. The first-order valence-corrected chi connectivity index (χ1v) is 2.62. The standard InChI is InChI=1S/C5H5F3N2/c1-10-3-2-4(9-10)5(6,7)8/h2H2,1H3. The summed E-state index contributed by atoms with van der Waals surface area (Å²) in [7, 11) is 1.42. The summed E-state index contributed by atoms with van der Waals surface area (Å²) in [5.74, 6) is 0. The van der Waals surface area contributed by atoms with Gasteiger partial charge >= 0.3 is 6.18 Å². The maximum Gasteiger partial charge on any atom is 0.431 e. The van der Waals surface area contributed by atoms with Gasteiger partial charge in [0.2, 0.25) is 0 Å². The molecule has 0 spiro atoms. The number of hydrogen-bond acceptors (Lipinski definition) is 2. The third-order valence-corrected chi connectivity index (χ3v) is 1.07. The lowest BCUT2D eigenvalue weighted by Crippen LogP contribution is -2.20. The van der Waals surface area contributed by atoms with Crippen LogP contribution in [0.1, 0.15) is 6.42 Å². The van der Waals surface area contributed by atoms with Gasteiger partial charge < -0.3 is 0 Å². The minimum atomic E-state index is -4.29. The summed E-state index contributed by atoms with van der Waals surface area (Å²) in [5.41, 5.74) is -0.782. The number of halogens is 3. The molecule has 0 unspecified atom stereocenters. The van der Waals surface area contributed by atoms with Crippen LogP contribution >= 0.6 is 0 Å². The molecule has 2 nitrogen and oxygen atoms in total. The molecule has 56 valence electrons. The van der Waals surface area contributed by atoms with Gasteiger partial charge in [-0.1, -0.05) is 0 Å². The van der Waals surface area contributed by atoms with Crippen molar-refractivity contribution < 1.29 is 13.2 Å². The fourth-order valence-corrected chi connectivity index (χ4v) is 0.598. The molecular formula is C5H5F3N2. The van der Waals surface area contributed by atoms with E-state index < -0.39 is 11.9 Å². The molecule has 0 aliphatic carbocycles. The molecule has 1 rings (SSSR count). The Kier molecular flexibility index (Phi) is 1.58. The van der Waals surface area contributed by atoms with Gasteiger partial charge in [-0.25, -0.2) is 0 Å². The second-order valence-electron chi connectivity index (χ2n) is 1.90. The summed E-state index contributed by atoms with van der Waals surface area (Å²) in [6.07, 6.45) is -4.53. The third-order valence-electron chi connectivity index (χ3n) is 1.07. The molecule has 10 heavy (non-hydrogen) atoms. The van der Waals surface area contributed by atoms with Crippen molar-refractivity contribution in [3.8, 4) is 0 Å². The van der Waals surface area contributed by atoms with Crippen molar-refractivity contribution in [2.45, 2.75) is 12.6 Å². The Labute approximate surface area is 56.3 Å². The topological polar surface area (TPSA) is 15.6 Å². The Hall–Kier alpha value is -0.740. The quantitative estimate of drug-likeness (QED) is 0.507. The van der Waals surface area contributed by atoms with E-state index >= 15 is 0 Å². The minimum absolute atomic E-state index is 0.236. The lowest BCUT2D eigenvalue weighted by atomic mass is 10.3. The van der Waals surface area contributed by atoms with Crippen molar-refractivity contribution in [1.82, 2.24) is 5.01 Å². The molecule has 0 aromatic carbocycles. The highest BCUT2D eigenvalue weighted by Gasteiger charge is 2.38. The molecular weight excluding hydrogens is 145 g/mol. The zero-order valence-electron chi connectivity index (χ0n) is 5.24. The molecule has 0 fully saturated rings. The fourth-order valence-electron chi connectivity index (χ4n) is 0.598. The first kappa shape index (κ1) is 7.37. The van der Waals surface area contributed by atoms with E-state index in [1.165, 1.54) is 7.05 Å². The Bertz CT molecular complexity index is 161. The average Bonchev–Trinajstić information content (AvgIpc) is 2.11. The molecule has 0 saturated heterocycles. The summed E-state index contributed by atoms with van der Waals surface area (Å²) >= 11 is 0. The van der Waals surface area contributed by atoms with Crippen molar-refractivity contribution in [3.05, 3.63) is 6.54 Å². The maximum atomic E-state index is 11.7. The predicted molar refractivity (Wildman–Crippen MR) is 29.1 cm³/mol. The monoisotopic (exact) mass is 150 g/mol. The molecule has 0 aromatic heterocycles. The number of alkyl halides is 3. The highest BCUT2D eigenvalue weighted by atomic mass is 19.4. The molecule has 5 heteroatoms. The first-order chi connectivity index (χ1) is 4.50. The van der Waals surface area contributed by atoms with Crippen LogP contribution in [0, 0.1) is 6.54 Å². The number of hydrazone groups is 1.